The van der Waals surface area contributed by atoms with E-state index in [1.807, 2.05) is 37.6 Å². The van der Waals surface area contributed by atoms with Gasteiger partial charge in [-0.25, -0.2) is 0 Å². The van der Waals surface area contributed by atoms with Gasteiger partial charge in [-0.2, -0.15) is 0 Å². The number of nitrogens with zero attached hydrogens (tertiary/aromatic N) is 2. The molecular formula is C42H75N3O4S. The molecule has 0 aliphatic rings. The molecule has 0 aliphatic carbocycles. The summed E-state index contributed by atoms with van der Waals surface area (Å²) in [5.74, 6) is 1.33. The first-order valence-corrected chi connectivity index (χ1v) is 21.2. The van der Waals surface area contributed by atoms with Gasteiger partial charge in [0.1, 0.15) is 12.0 Å². The average molecular weight is 718 g/mol. The molecule has 0 amide bonds. The molecule has 0 atom stereocenters. The van der Waals surface area contributed by atoms with E-state index < -0.39 is 0 Å². The van der Waals surface area contributed by atoms with E-state index in [0.717, 1.165) is 37.0 Å². The van der Waals surface area contributed by atoms with Crippen LogP contribution >= 0.6 is 11.8 Å². The molecule has 0 spiro atoms. The van der Waals surface area contributed by atoms with E-state index in [2.05, 4.69) is 50.1 Å². The number of rotatable bonds is 31. The zero-order valence-electron chi connectivity index (χ0n) is 33.3. The number of ether oxygens (including phenoxy) is 2. The molecule has 1 aromatic carbocycles. The summed E-state index contributed by atoms with van der Waals surface area (Å²) in [5, 5.41) is 11.8. The highest BCUT2D eigenvalue weighted by Gasteiger charge is 2.23. The van der Waals surface area contributed by atoms with E-state index >= 15 is 0 Å². The first-order valence-electron chi connectivity index (χ1n) is 19.9. The number of hydrogen-bond acceptors (Lipinski definition) is 8. The highest BCUT2D eigenvalue weighted by atomic mass is 32.2. The maximum Gasteiger partial charge on any atom is 0.276 e. The Labute approximate surface area is 311 Å². The molecule has 0 saturated heterocycles. The van der Waals surface area contributed by atoms with Gasteiger partial charge < -0.3 is 24.0 Å². The van der Waals surface area contributed by atoms with Crippen LogP contribution in [0.25, 0.3) is 11.5 Å². The molecule has 0 fully saturated rings. The lowest BCUT2D eigenvalue weighted by Crippen LogP contribution is -2.34. The second kappa shape index (κ2) is 29.7. The molecule has 8 heteroatoms. The molecule has 288 valence electrons. The Morgan fingerprint density at radius 2 is 1.18 bits per heavy atom. The van der Waals surface area contributed by atoms with Gasteiger partial charge in [0.15, 0.2) is 0 Å². The van der Waals surface area contributed by atoms with Crippen molar-refractivity contribution in [3.05, 3.63) is 24.3 Å². The van der Waals surface area contributed by atoms with Crippen molar-refractivity contribution in [3.63, 3.8) is 0 Å². The predicted octanol–water partition coefficient (Wildman–Crippen LogP) is 12.1. The summed E-state index contributed by atoms with van der Waals surface area (Å²) >= 11 is 1.43. The van der Waals surface area contributed by atoms with E-state index in [9.17, 15) is 4.79 Å². The minimum atomic E-state index is -0.0753. The standard InChI is InChI=1S/C22H44O.C20H31N3O3S/c1-2-3-4-5-6-7-8-9-10-11-12-13-14-15-16-17-18-19-20-21-22-23;1-19(2,11-21-5)12-24-13-20(3,4)14-25-16-9-7-15(8-10-16)17-22-23-18(26-17)27-6/h22H,2-21H2,1H3;7-10,21H,11-14H2,1-6H3. The van der Waals surface area contributed by atoms with Crippen LogP contribution in [-0.4, -0.2) is 56.2 Å². The summed E-state index contributed by atoms with van der Waals surface area (Å²) in [7, 11) is 1.96. The highest BCUT2D eigenvalue weighted by Crippen LogP contribution is 2.26. The average Bonchev–Trinajstić information content (AvgIpc) is 3.58. The SMILES string of the molecule is CCCCCCCCCCCCCCCCCCCCCC=O.CNCC(C)(C)COCC(C)(C)COc1ccc(-c2nnc(SC)o2)cc1. The van der Waals surface area contributed by atoms with Crippen LogP contribution in [0.3, 0.4) is 0 Å². The Kier molecular flexibility index (Phi) is 27.4. The van der Waals surface area contributed by atoms with Crippen LogP contribution in [0.4, 0.5) is 0 Å². The molecule has 2 rings (SSSR count). The molecule has 1 aromatic heterocycles. The lowest BCUT2D eigenvalue weighted by molar-refractivity contribution is -0.107. The molecule has 50 heavy (non-hydrogen) atoms. The van der Waals surface area contributed by atoms with Crippen molar-refractivity contribution in [2.45, 2.75) is 168 Å². The smallest absolute Gasteiger partial charge is 0.276 e. The number of aldehydes is 1. The van der Waals surface area contributed by atoms with Crippen LogP contribution in [-0.2, 0) is 9.53 Å². The van der Waals surface area contributed by atoms with E-state index in [4.69, 9.17) is 13.9 Å². The van der Waals surface area contributed by atoms with E-state index in [-0.39, 0.29) is 10.8 Å². The summed E-state index contributed by atoms with van der Waals surface area (Å²) < 4.78 is 17.4. The lowest BCUT2D eigenvalue weighted by Gasteiger charge is -2.29. The largest absolute Gasteiger partial charge is 0.493 e. The zero-order valence-corrected chi connectivity index (χ0v) is 34.1. The Morgan fingerprint density at radius 3 is 1.62 bits per heavy atom. The normalized spacial score (nSPS) is 11.7. The maximum atomic E-state index is 10.2. The van der Waals surface area contributed by atoms with Crippen LogP contribution in [0.15, 0.2) is 33.9 Å². The summed E-state index contributed by atoms with van der Waals surface area (Å²) in [6.45, 7) is 13.8. The van der Waals surface area contributed by atoms with Crippen molar-refractivity contribution >= 4 is 18.0 Å². The fourth-order valence-corrected chi connectivity index (χ4v) is 6.15. The van der Waals surface area contributed by atoms with Crippen LogP contribution in [0, 0.1) is 10.8 Å². The summed E-state index contributed by atoms with van der Waals surface area (Å²) in [5.41, 5.74) is 0.921. The quantitative estimate of drug-likeness (QED) is 0.0468. The molecule has 1 heterocycles. The van der Waals surface area contributed by atoms with E-state index in [1.165, 1.54) is 127 Å². The fourth-order valence-electron chi connectivity index (χ4n) is 5.86. The Bertz CT molecular complexity index is 1060. The molecule has 0 bridgehead atoms. The Hall–Kier alpha value is -1.90. The summed E-state index contributed by atoms with van der Waals surface area (Å²) in [4.78, 5) is 10.2. The van der Waals surface area contributed by atoms with Crippen molar-refractivity contribution in [1.82, 2.24) is 15.5 Å². The van der Waals surface area contributed by atoms with Crippen LogP contribution in [0.2, 0.25) is 0 Å². The minimum absolute atomic E-state index is 0.0753. The molecule has 2 aromatic rings. The van der Waals surface area contributed by atoms with Crippen molar-refractivity contribution in [3.8, 4) is 17.2 Å². The second-order valence-electron chi connectivity index (χ2n) is 15.6. The van der Waals surface area contributed by atoms with Crippen molar-refractivity contribution in [2.24, 2.45) is 10.8 Å². The van der Waals surface area contributed by atoms with Gasteiger partial charge in [0.05, 0.1) is 19.8 Å². The van der Waals surface area contributed by atoms with Gasteiger partial charge in [-0.1, -0.05) is 162 Å². The molecule has 0 saturated carbocycles. The number of carbonyl (C=O) groups excluding carboxylic acids is 1. The number of thioether (sulfide) groups is 1. The monoisotopic (exact) mass is 718 g/mol. The molecular weight excluding hydrogens is 643 g/mol. The number of carbonyl (C=O) groups is 1. The fraction of sp³-hybridized carbons (Fsp3) is 0.786. The van der Waals surface area contributed by atoms with Gasteiger partial charge in [-0.3, -0.25) is 0 Å². The lowest BCUT2D eigenvalue weighted by atomic mass is 9.93. The van der Waals surface area contributed by atoms with Crippen molar-refractivity contribution in [1.29, 1.82) is 0 Å². The Morgan fingerprint density at radius 1 is 0.700 bits per heavy atom. The van der Waals surface area contributed by atoms with Crippen LogP contribution in [0.1, 0.15) is 163 Å². The molecule has 0 aliphatic heterocycles. The minimum Gasteiger partial charge on any atom is -0.493 e. The number of nitrogens with one attached hydrogen (secondary N) is 1. The van der Waals surface area contributed by atoms with E-state index in [0.29, 0.717) is 30.9 Å². The van der Waals surface area contributed by atoms with Gasteiger partial charge in [0, 0.05) is 29.4 Å². The third-order valence-corrected chi connectivity index (χ3v) is 9.39. The molecule has 0 radical (unpaired) electrons. The number of hydrogen-bond donors (Lipinski definition) is 1. The van der Waals surface area contributed by atoms with Gasteiger partial charge >= 0.3 is 0 Å². The number of benzene rings is 1. The highest BCUT2D eigenvalue weighted by molar-refractivity contribution is 7.98. The molecule has 1 N–H and O–H groups in total. The first kappa shape index (κ1) is 46.1. The topological polar surface area (TPSA) is 86.5 Å². The number of aromatic nitrogens is 2. The number of unbranched alkanes of at least 4 members (excludes halogenated alkanes) is 19. The zero-order chi connectivity index (χ0) is 36.8. The van der Waals surface area contributed by atoms with Crippen molar-refractivity contribution < 1.29 is 18.7 Å². The molecule has 0 unspecified atom stereocenters. The third kappa shape index (κ3) is 25.1. The second-order valence-corrected chi connectivity index (χ2v) is 16.3. The molecule has 7 nitrogen and oxygen atoms in total. The van der Waals surface area contributed by atoms with Crippen molar-refractivity contribution in [2.75, 3.05) is 39.7 Å². The first-order chi connectivity index (χ1) is 24.2. The predicted molar refractivity (Wildman–Crippen MR) is 213 cm³/mol. The Balaban J connectivity index is 0.000000508. The third-order valence-electron chi connectivity index (χ3n) is 8.88. The van der Waals surface area contributed by atoms with Crippen LogP contribution < -0.4 is 10.1 Å². The summed E-state index contributed by atoms with van der Waals surface area (Å²) in [6.07, 6.45) is 30.4. The summed E-state index contributed by atoms with van der Waals surface area (Å²) in [6, 6.07) is 7.70. The van der Waals surface area contributed by atoms with Gasteiger partial charge in [0.2, 0.25) is 5.89 Å². The van der Waals surface area contributed by atoms with E-state index in [1.54, 1.807) is 0 Å². The van der Waals surface area contributed by atoms with Crippen LogP contribution in [0.5, 0.6) is 5.75 Å². The van der Waals surface area contributed by atoms with Gasteiger partial charge in [-0.15, -0.1) is 10.2 Å². The van der Waals surface area contributed by atoms with Gasteiger partial charge in [0.25, 0.3) is 5.22 Å². The van der Waals surface area contributed by atoms with Gasteiger partial charge in [-0.05, 0) is 44.0 Å². The maximum absolute atomic E-state index is 10.2.